The van der Waals surface area contributed by atoms with Crippen LogP contribution in [-0.2, 0) is 23.0 Å². The summed E-state index contributed by atoms with van der Waals surface area (Å²) in [6.07, 6.45) is 7.89. The number of esters is 1. The van der Waals surface area contributed by atoms with Gasteiger partial charge in [0.2, 0.25) is 0 Å². The number of amides is 1. The summed E-state index contributed by atoms with van der Waals surface area (Å²) in [5.74, 6) is 4.59. The molecule has 1 aliphatic carbocycles. The van der Waals surface area contributed by atoms with Crippen molar-refractivity contribution in [2.75, 3.05) is 12.3 Å². The van der Waals surface area contributed by atoms with Crippen LogP contribution in [0.3, 0.4) is 0 Å². The summed E-state index contributed by atoms with van der Waals surface area (Å²) in [6.45, 7) is 1.65. The van der Waals surface area contributed by atoms with Crippen LogP contribution in [0.4, 0.5) is 5.82 Å². The van der Waals surface area contributed by atoms with E-state index in [4.69, 9.17) is 16.2 Å². The molecule has 3 aromatic carbocycles. The van der Waals surface area contributed by atoms with Gasteiger partial charge in [0.05, 0.1) is 23.0 Å². The van der Waals surface area contributed by atoms with Crippen molar-refractivity contribution >= 4 is 50.9 Å². The zero-order valence-corrected chi connectivity index (χ0v) is 33.1. The van der Waals surface area contributed by atoms with E-state index in [1.54, 1.807) is 60.3 Å². The van der Waals surface area contributed by atoms with E-state index in [2.05, 4.69) is 37.6 Å². The van der Waals surface area contributed by atoms with E-state index in [1.807, 2.05) is 66.3 Å². The summed E-state index contributed by atoms with van der Waals surface area (Å²) < 4.78 is 11.7. The van der Waals surface area contributed by atoms with Gasteiger partial charge in [0, 0.05) is 59.9 Å². The molecule has 0 aliphatic heterocycles. The summed E-state index contributed by atoms with van der Waals surface area (Å²) in [6, 6.07) is 24.2. The minimum Gasteiger partial charge on any atom is -0.463 e. The van der Waals surface area contributed by atoms with Gasteiger partial charge in [-0.1, -0.05) is 59.7 Å². The number of nitrogen functional groups attached to an aromatic ring is 1. The molecular formula is C45H39N11O5. The van der Waals surface area contributed by atoms with Gasteiger partial charge >= 0.3 is 5.97 Å². The van der Waals surface area contributed by atoms with Crippen molar-refractivity contribution in [2.24, 2.45) is 18.2 Å². The van der Waals surface area contributed by atoms with Crippen molar-refractivity contribution in [3.8, 4) is 17.5 Å². The fraction of sp³-hybridized carbons (Fsp3) is 0.200. The zero-order valence-electron chi connectivity index (χ0n) is 33.1. The average molecular weight is 814 g/mol. The molecule has 304 valence electrons. The number of hydrogen-bond acceptors (Lipinski definition) is 11. The van der Waals surface area contributed by atoms with E-state index in [0.717, 1.165) is 21.1 Å². The van der Waals surface area contributed by atoms with E-state index in [0.29, 0.717) is 52.6 Å². The van der Waals surface area contributed by atoms with Crippen LogP contribution in [-0.4, -0.2) is 69.2 Å². The molecule has 5 N–H and O–H groups in total. The molecule has 2 atom stereocenters. The molecule has 0 unspecified atom stereocenters. The number of rotatable bonds is 10. The molecule has 16 nitrogen and oxygen atoms in total. The van der Waals surface area contributed by atoms with E-state index in [9.17, 15) is 19.2 Å². The molecule has 5 aromatic heterocycles. The number of benzene rings is 3. The molecule has 1 amide bonds. The Morgan fingerprint density at radius 2 is 1.77 bits per heavy atom. The third kappa shape index (κ3) is 7.16. The number of aromatic nitrogens is 8. The first-order chi connectivity index (χ1) is 29.5. The summed E-state index contributed by atoms with van der Waals surface area (Å²) >= 11 is 0. The summed E-state index contributed by atoms with van der Waals surface area (Å²) in [5, 5.41) is 17.3. The number of aryl methyl sites for hydroxylation is 1. The molecule has 1 aliphatic rings. The monoisotopic (exact) mass is 813 g/mol. The molecule has 0 saturated heterocycles. The van der Waals surface area contributed by atoms with Crippen molar-refractivity contribution < 1.29 is 19.1 Å². The topological polar surface area (TPSA) is 212 Å². The Morgan fingerprint density at radius 3 is 2.57 bits per heavy atom. The maximum absolute atomic E-state index is 14.6. The average Bonchev–Trinajstić information content (AvgIpc) is 3.60. The van der Waals surface area contributed by atoms with Gasteiger partial charge in [-0.25, -0.2) is 9.50 Å². The van der Waals surface area contributed by atoms with Crippen LogP contribution >= 0.6 is 0 Å². The van der Waals surface area contributed by atoms with Crippen LogP contribution in [0.5, 0.6) is 0 Å². The Labute approximate surface area is 347 Å². The third-order valence-electron chi connectivity index (χ3n) is 11.1. The van der Waals surface area contributed by atoms with Crippen molar-refractivity contribution in [3.63, 3.8) is 0 Å². The maximum Gasteiger partial charge on any atom is 0.323 e. The number of nitrogens with two attached hydrogens (primary N) is 2. The number of carbonyl (C=O) groups is 3. The van der Waals surface area contributed by atoms with Crippen LogP contribution in [0, 0.1) is 17.3 Å². The number of para-hydroxylation sites is 2. The zero-order chi connectivity index (χ0) is 42.4. The van der Waals surface area contributed by atoms with Gasteiger partial charge in [-0.05, 0) is 73.0 Å². The molecular weight excluding hydrogens is 775 g/mol. The van der Waals surface area contributed by atoms with Gasteiger partial charge in [0.15, 0.2) is 17.2 Å². The highest BCUT2D eigenvalue weighted by molar-refractivity contribution is 6.04. The highest BCUT2D eigenvalue weighted by Crippen LogP contribution is 2.47. The van der Waals surface area contributed by atoms with Crippen LogP contribution in [0.1, 0.15) is 63.5 Å². The normalized spacial score (nSPS) is 14.0. The van der Waals surface area contributed by atoms with E-state index < -0.39 is 29.4 Å². The van der Waals surface area contributed by atoms with Crippen molar-refractivity contribution in [3.05, 3.63) is 148 Å². The highest BCUT2D eigenvalue weighted by atomic mass is 16.5. The largest absolute Gasteiger partial charge is 0.463 e. The Morgan fingerprint density at radius 1 is 0.984 bits per heavy atom. The van der Waals surface area contributed by atoms with Crippen LogP contribution in [0.25, 0.3) is 33.0 Å². The molecule has 8 aromatic rings. The minimum atomic E-state index is -0.935. The number of pyridine rings is 1. The predicted molar refractivity (Wildman–Crippen MR) is 227 cm³/mol. The molecule has 0 spiro atoms. The molecule has 1 fully saturated rings. The number of nitrogens with one attached hydrogen (secondary N) is 1. The second-order valence-electron chi connectivity index (χ2n) is 15.2. The molecule has 16 heteroatoms. The first-order valence-corrected chi connectivity index (χ1v) is 19.6. The summed E-state index contributed by atoms with van der Waals surface area (Å²) in [5.41, 5.74) is 15.2. The van der Waals surface area contributed by atoms with E-state index in [-0.39, 0.29) is 35.1 Å². The third-order valence-corrected chi connectivity index (χ3v) is 11.1. The van der Waals surface area contributed by atoms with E-state index >= 15 is 0 Å². The number of ether oxygens (including phenoxy) is 1. The molecule has 0 radical (unpaired) electrons. The Balaban J connectivity index is 0.939. The Hall–Kier alpha value is -7.90. The highest BCUT2D eigenvalue weighted by Gasteiger charge is 2.52. The minimum absolute atomic E-state index is 0.0250. The Kier molecular flexibility index (Phi) is 9.72. The molecule has 61 heavy (non-hydrogen) atoms. The van der Waals surface area contributed by atoms with Crippen molar-refractivity contribution in [2.45, 2.75) is 38.3 Å². The first-order valence-electron chi connectivity index (χ1n) is 19.6. The SMILES string of the molecule is C[C@H](NC(=O)c1c(N)nn2cccnc12)c1cc2cccc(C#Cc3cn(C(=O)C4(COC(=O)[C@H](N)Cc5cn(C)c6ccccc56)CC4)nn3)c2c(=O)n1-c1ccccc1. The second-order valence-corrected chi connectivity index (χ2v) is 15.2. The lowest BCUT2D eigenvalue weighted by atomic mass is 10.0. The van der Waals surface area contributed by atoms with Gasteiger partial charge in [-0.15, -0.1) is 10.2 Å². The van der Waals surface area contributed by atoms with Crippen LogP contribution in [0.2, 0.25) is 0 Å². The number of nitrogens with zero attached hydrogens (tertiary/aromatic N) is 8. The summed E-state index contributed by atoms with van der Waals surface area (Å²) in [4.78, 5) is 59.1. The van der Waals surface area contributed by atoms with Gasteiger partial charge in [-0.3, -0.25) is 23.7 Å². The van der Waals surface area contributed by atoms with Crippen LogP contribution < -0.4 is 22.3 Å². The van der Waals surface area contributed by atoms with Crippen LogP contribution in [0.15, 0.2) is 115 Å². The summed E-state index contributed by atoms with van der Waals surface area (Å²) in [7, 11) is 1.94. The van der Waals surface area contributed by atoms with Gasteiger partial charge in [0.1, 0.15) is 18.2 Å². The standard InChI is InChI=1S/C45H39N11O5/c1-27(49-41(57)38-39(47)51-54-21-9-20-48-40(38)54)36-23-29-11-8-10-28(37(29)42(58)56(36)32-12-4-3-5-13-32)16-17-31-25-55(52-50-31)44(60)45(18-19-45)26-61-43(59)34(46)22-30-24-53(2)35-15-7-6-14-33(30)35/h3-15,20-21,23-25,27,34H,18-19,22,26,46H2,1-2H3,(H2,47,51)(H,49,57)/t27-,34+/m0/s1. The molecule has 0 bridgehead atoms. The number of carbonyl (C=O) groups excluding carboxylic acids is 3. The lowest BCUT2D eigenvalue weighted by Crippen LogP contribution is -2.37. The van der Waals surface area contributed by atoms with Gasteiger partial charge in [-0.2, -0.15) is 4.68 Å². The lowest BCUT2D eigenvalue weighted by Gasteiger charge is -2.21. The first kappa shape index (κ1) is 38.6. The van der Waals surface area contributed by atoms with Crippen molar-refractivity contribution in [1.82, 2.24) is 44.0 Å². The maximum atomic E-state index is 14.6. The van der Waals surface area contributed by atoms with Gasteiger partial charge < -0.3 is 26.1 Å². The quantitative estimate of drug-likeness (QED) is 0.132. The number of hydrogen-bond donors (Lipinski definition) is 3. The number of anilines is 1. The lowest BCUT2D eigenvalue weighted by molar-refractivity contribution is -0.146. The van der Waals surface area contributed by atoms with E-state index in [1.165, 1.54) is 10.7 Å². The second kappa shape index (κ2) is 15.4. The molecule has 9 rings (SSSR count). The molecule has 1 saturated carbocycles. The smallest absolute Gasteiger partial charge is 0.323 e. The fourth-order valence-electron chi connectivity index (χ4n) is 7.70. The Bertz CT molecular complexity index is 3170. The fourth-order valence-corrected chi connectivity index (χ4v) is 7.70. The number of fused-ring (bicyclic) bond motifs is 3. The molecule has 5 heterocycles. The van der Waals surface area contributed by atoms with Gasteiger partial charge in [0.25, 0.3) is 17.4 Å². The predicted octanol–water partition coefficient (Wildman–Crippen LogP) is 4.12. The van der Waals surface area contributed by atoms with Crippen molar-refractivity contribution in [1.29, 1.82) is 0 Å².